The van der Waals surface area contributed by atoms with Crippen LogP contribution in [0.4, 0.5) is 0 Å². The fraction of sp³-hybridized carbons (Fsp3) is 1.00. The summed E-state index contributed by atoms with van der Waals surface area (Å²) in [6.45, 7) is 1.03. The minimum atomic E-state index is -0.117. The summed E-state index contributed by atoms with van der Waals surface area (Å²) in [7, 11) is 0. The van der Waals surface area contributed by atoms with E-state index < -0.39 is 0 Å². The molecular formula is C17H32O4. The maximum absolute atomic E-state index is 9.13. The molecule has 4 heteroatoms. The molecule has 2 fully saturated rings. The Morgan fingerprint density at radius 2 is 1.00 bits per heavy atom. The van der Waals surface area contributed by atoms with Gasteiger partial charge in [-0.15, -0.1) is 0 Å². The highest BCUT2D eigenvalue weighted by atomic mass is 16.5. The Bertz CT molecular complexity index is 253. The molecule has 0 saturated heterocycles. The van der Waals surface area contributed by atoms with Gasteiger partial charge in [0.1, 0.15) is 0 Å². The molecule has 0 aromatic carbocycles. The van der Waals surface area contributed by atoms with Crippen LogP contribution in [0.5, 0.6) is 0 Å². The van der Waals surface area contributed by atoms with Crippen LogP contribution in [-0.2, 0) is 9.47 Å². The molecule has 2 N–H and O–H groups in total. The van der Waals surface area contributed by atoms with E-state index in [0.717, 1.165) is 32.1 Å². The number of aliphatic hydroxyl groups excluding tert-OH is 2. The Morgan fingerprint density at radius 1 is 0.619 bits per heavy atom. The lowest BCUT2D eigenvalue weighted by molar-refractivity contribution is -0.160. The van der Waals surface area contributed by atoms with Crippen molar-refractivity contribution in [3.8, 4) is 0 Å². The van der Waals surface area contributed by atoms with E-state index in [9.17, 15) is 0 Å². The van der Waals surface area contributed by atoms with Crippen molar-refractivity contribution in [2.45, 2.75) is 81.8 Å². The second kappa shape index (κ2) is 8.47. The topological polar surface area (TPSA) is 58.9 Å². The first-order valence-electron chi connectivity index (χ1n) is 8.74. The van der Waals surface area contributed by atoms with Crippen molar-refractivity contribution in [2.24, 2.45) is 0 Å². The second-order valence-corrected chi connectivity index (χ2v) is 6.81. The summed E-state index contributed by atoms with van der Waals surface area (Å²) < 4.78 is 12.3. The summed E-state index contributed by atoms with van der Waals surface area (Å²) in [5.41, 5.74) is -0.235. The van der Waals surface area contributed by atoms with Gasteiger partial charge in [0.15, 0.2) is 0 Å². The molecule has 124 valence electrons. The van der Waals surface area contributed by atoms with Crippen LogP contribution in [0.15, 0.2) is 0 Å². The van der Waals surface area contributed by atoms with E-state index in [4.69, 9.17) is 19.7 Å². The number of aliphatic hydroxyl groups is 2. The molecule has 21 heavy (non-hydrogen) atoms. The maximum atomic E-state index is 9.13. The molecule has 0 bridgehead atoms. The van der Waals surface area contributed by atoms with E-state index in [-0.39, 0.29) is 24.4 Å². The smallest absolute Gasteiger partial charge is 0.0711 e. The van der Waals surface area contributed by atoms with E-state index in [2.05, 4.69) is 0 Å². The van der Waals surface area contributed by atoms with E-state index >= 15 is 0 Å². The third-order valence-corrected chi connectivity index (χ3v) is 5.17. The quantitative estimate of drug-likeness (QED) is 0.723. The Balaban J connectivity index is 2.06. The summed E-state index contributed by atoms with van der Waals surface area (Å²) in [6.07, 6.45) is 12.7. The largest absolute Gasteiger partial charge is 0.394 e. The van der Waals surface area contributed by atoms with Gasteiger partial charge in [0.05, 0.1) is 37.6 Å². The van der Waals surface area contributed by atoms with Crippen LogP contribution >= 0.6 is 0 Å². The Labute approximate surface area is 128 Å². The van der Waals surface area contributed by atoms with Gasteiger partial charge in [-0.25, -0.2) is 0 Å². The molecule has 0 heterocycles. The molecule has 0 atom stereocenters. The summed E-state index contributed by atoms with van der Waals surface area (Å²) >= 11 is 0. The zero-order valence-corrected chi connectivity index (χ0v) is 13.3. The van der Waals surface area contributed by atoms with Crippen LogP contribution < -0.4 is 0 Å². The molecule has 0 spiro atoms. The maximum Gasteiger partial charge on any atom is 0.0711 e. The lowest BCUT2D eigenvalue weighted by atomic mass is 9.71. The third kappa shape index (κ3) is 4.92. The van der Waals surface area contributed by atoms with Crippen LogP contribution in [0.1, 0.15) is 70.6 Å². The number of rotatable bonds is 8. The van der Waals surface area contributed by atoms with E-state index in [1.54, 1.807) is 0 Å². The highest BCUT2D eigenvalue weighted by molar-refractivity contribution is 4.96. The van der Waals surface area contributed by atoms with E-state index in [1.165, 1.54) is 38.5 Å². The van der Waals surface area contributed by atoms with Crippen molar-refractivity contribution < 1.29 is 19.7 Å². The Kier molecular flexibility index (Phi) is 6.93. The van der Waals surface area contributed by atoms with E-state index in [1.807, 2.05) is 0 Å². The molecule has 0 aliphatic heterocycles. The van der Waals surface area contributed by atoms with Gasteiger partial charge in [-0.3, -0.25) is 0 Å². The van der Waals surface area contributed by atoms with Gasteiger partial charge in [-0.05, 0) is 25.7 Å². The van der Waals surface area contributed by atoms with Gasteiger partial charge in [0, 0.05) is 6.42 Å². The second-order valence-electron chi connectivity index (χ2n) is 6.81. The van der Waals surface area contributed by atoms with Crippen molar-refractivity contribution in [1.29, 1.82) is 0 Å². The molecule has 2 rings (SSSR count). The molecule has 0 radical (unpaired) electrons. The predicted molar refractivity (Wildman–Crippen MR) is 82.3 cm³/mol. The predicted octanol–water partition coefficient (Wildman–Crippen LogP) is 2.80. The van der Waals surface area contributed by atoms with Crippen molar-refractivity contribution >= 4 is 0 Å². The minimum absolute atomic E-state index is 0.0895. The standard InChI is InChI=1S/C17H32O4/c18-11-13-20-16(7-3-1-4-8-16)15-17(21-14-12-19)9-5-2-6-10-17/h18-19H,1-15H2. The first kappa shape index (κ1) is 17.2. The van der Waals surface area contributed by atoms with Gasteiger partial charge < -0.3 is 19.7 Å². The molecule has 0 aromatic rings. The Morgan fingerprint density at radius 3 is 1.33 bits per heavy atom. The summed E-state index contributed by atoms with van der Waals surface area (Å²) in [5.74, 6) is 0. The summed E-state index contributed by atoms with van der Waals surface area (Å²) in [4.78, 5) is 0. The van der Waals surface area contributed by atoms with Gasteiger partial charge in [-0.1, -0.05) is 38.5 Å². The summed E-state index contributed by atoms with van der Waals surface area (Å²) in [6, 6.07) is 0. The Hall–Kier alpha value is -0.160. The van der Waals surface area contributed by atoms with Crippen molar-refractivity contribution in [3.63, 3.8) is 0 Å². The monoisotopic (exact) mass is 300 g/mol. The highest BCUT2D eigenvalue weighted by Gasteiger charge is 2.43. The van der Waals surface area contributed by atoms with E-state index in [0.29, 0.717) is 13.2 Å². The number of ether oxygens (including phenoxy) is 2. The van der Waals surface area contributed by atoms with Crippen molar-refractivity contribution in [1.82, 2.24) is 0 Å². The minimum Gasteiger partial charge on any atom is -0.394 e. The molecule has 2 aliphatic carbocycles. The average molecular weight is 300 g/mol. The lowest BCUT2D eigenvalue weighted by Crippen LogP contribution is -2.47. The lowest BCUT2D eigenvalue weighted by Gasteiger charge is -2.46. The van der Waals surface area contributed by atoms with Crippen molar-refractivity contribution in [2.75, 3.05) is 26.4 Å². The first-order chi connectivity index (χ1) is 10.2. The SMILES string of the molecule is OCCOC1(CC2(OCCO)CCCCC2)CCCCC1. The van der Waals surface area contributed by atoms with Crippen LogP contribution in [0.2, 0.25) is 0 Å². The van der Waals surface area contributed by atoms with Crippen molar-refractivity contribution in [3.05, 3.63) is 0 Å². The van der Waals surface area contributed by atoms with Crippen LogP contribution in [-0.4, -0.2) is 47.8 Å². The molecule has 0 aromatic heterocycles. The molecule has 0 unspecified atom stereocenters. The number of hydrogen-bond acceptors (Lipinski definition) is 4. The van der Waals surface area contributed by atoms with Gasteiger partial charge in [-0.2, -0.15) is 0 Å². The van der Waals surface area contributed by atoms with Gasteiger partial charge >= 0.3 is 0 Å². The van der Waals surface area contributed by atoms with Crippen LogP contribution in [0, 0.1) is 0 Å². The molecular weight excluding hydrogens is 268 g/mol. The zero-order chi connectivity index (χ0) is 15.0. The van der Waals surface area contributed by atoms with Crippen LogP contribution in [0.3, 0.4) is 0 Å². The fourth-order valence-corrected chi connectivity index (χ4v) is 4.25. The summed E-state index contributed by atoms with van der Waals surface area (Å²) in [5, 5.41) is 18.3. The third-order valence-electron chi connectivity index (χ3n) is 5.17. The molecule has 4 nitrogen and oxygen atoms in total. The first-order valence-corrected chi connectivity index (χ1v) is 8.74. The highest BCUT2D eigenvalue weighted by Crippen LogP contribution is 2.44. The van der Waals surface area contributed by atoms with Gasteiger partial charge in [0.2, 0.25) is 0 Å². The fourth-order valence-electron chi connectivity index (χ4n) is 4.25. The molecule has 2 aliphatic rings. The zero-order valence-electron chi connectivity index (χ0n) is 13.3. The normalized spacial score (nSPS) is 24.9. The van der Waals surface area contributed by atoms with Gasteiger partial charge in [0.25, 0.3) is 0 Å². The average Bonchev–Trinajstić information content (AvgIpc) is 2.53. The number of hydrogen-bond donors (Lipinski definition) is 2. The van der Waals surface area contributed by atoms with Crippen LogP contribution in [0.25, 0.3) is 0 Å². The molecule has 0 amide bonds. The molecule has 2 saturated carbocycles.